The quantitative estimate of drug-likeness (QED) is 0.280. The summed E-state index contributed by atoms with van der Waals surface area (Å²) in [7, 11) is 0. The third-order valence-electron chi connectivity index (χ3n) is 2.40. The van der Waals surface area contributed by atoms with E-state index < -0.39 is 11.9 Å². The van der Waals surface area contributed by atoms with E-state index in [0.29, 0.717) is 11.1 Å². The molecule has 0 N–H and O–H groups in total. The zero-order chi connectivity index (χ0) is 15.1. The average Bonchev–Trinajstić information content (AvgIpc) is 2.33. The summed E-state index contributed by atoms with van der Waals surface area (Å²) in [6, 6.07) is 5.37. The summed E-state index contributed by atoms with van der Waals surface area (Å²) in [5.41, 5.74) is -0.214. The van der Waals surface area contributed by atoms with Crippen LogP contribution >= 0.6 is 57.4 Å². The molecule has 1 heterocycles. The smallest absolute Gasteiger partial charge is 0.237 e. The minimum Gasteiger partial charge on any atom is -0.237 e. The van der Waals surface area contributed by atoms with Gasteiger partial charge in [-0.1, -0.05) is 34.8 Å². The highest BCUT2D eigenvalue weighted by atomic mass is 127. The van der Waals surface area contributed by atoms with Crippen LogP contribution in [0, 0.1) is 3.70 Å². The molecule has 1 aromatic carbocycles. The van der Waals surface area contributed by atoms with E-state index in [1.54, 1.807) is 22.6 Å². The van der Waals surface area contributed by atoms with Crippen LogP contribution in [0.1, 0.15) is 5.69 Å². The van der Waals surface area contributed by atoms with E-state index in [-0.39, 0.29) is 18.8 Å². The van der Waals surface area contributed by atoms with Crippen molar-refractivity contribution in [1.82, 2.24) is 4.98 Å². The molecule has 1 nitrogen and oxygen atoms in total. The van der Waals surface area contributed by atoms with Crippen molar-refractivity contribution in [3.63, 3.8) is 0 Å². The molecule has 0 unspecified atom stereocenters. The molecule has 0 aliphatic rings. The molecule has 0 saturated carbocycles. The van der Waals surface area contributed by atoms with Crippen LogP contribution in [-0.2, 0) is 6.18 Å². The van der Waals surface area contributed by atoms with Crippen LogP contribution in [0.4, 0.5) is 13.2 Å². The van der Waals surface area contributed by atoms with Gasteiger partial charge in [0.05, 0.1) is 15.1 Å². The number of rotatable bonds is 1. The normalized spacial score (nSPS) is 11.8. The zero-order valence-electron chi connectivity index (χ0n) is 9.40. The number of aromatic nitrogens is 1. The SMILES string of the molecule is FC(F)(F)c1cc(-c2cc(Cl)c(Cl)c(Cl)c2)cc(I)n1. The Morgan fingerprint density at radius 2 is 1.40 bits per heavy atom. The van der Waals surface area contributed by atoms with Crippen LogP contribution in [0.3, 0.4) is 0 Å². The Morgan fingerprint density at radius 1 is 0.900 bits per heavy atom. The second-order valence-corrected chi connectivity index (χ2v) is 6.11. The zero-order valence-corrected chi connectivity index (χ0v) is 13.8. The van der Waals surface area contributed by atoms with Crippen LogP contribution < -0.4 is 0 Å². The van der Waals surface area contributed by atoms with Gasteiger partial charge in [0.1, 0.15) is 9.39 Å². The Balaban J connectivity index is 2.61. The van der Waals surface area contributed by atoms with Gasteiger partial charge in [0.25, 0.3) is 0 Å². The first kappa shape index (κ1) is 16.1. The van der Waals surface area contributed by atoms with E-state index in [4.69, 9.17) is 34.8 Å². The lowest BCUT2D eigenvalue weighted by atomic mass is 10.1. The maximum atomic E-state index is 12.7. The van der Waals surface area contributed by atoms with Gasteiger partial charge in [-0.15, -0.1) is 0 Å². The molecule has 2 aromatic rings. The van der Waals surface area contributed by atoms with Gasteiger partial charge in [-0.3, -0.25) is 0 Å². The number of hydrogen-bond donors (Lipinski definition) is 0. The molecule has 0 fully saturated rings. The van der Waals surface area contributed by atoms with Gasteiger partial charge < -0.3 is 0 Å². The standard InChI is InChI=1S/C12H4Cl3F3IN/c13-7-1-5(2-8(14)11(7)15)6-3-9(12(16,17)18)20-10(19)4-6/h1-4H. The van der Waals surface area contributed by atoms with Gasteiger partial charge in [-0.05, 0) is 58.0 Å². The topological polar surface area (TPSA) is 12.9 Å². The molecule has 1 aromatic heterocycles. The molecule has 0 bridgehead atoms. The minimum atomic E-state index is -4.52. The highest BCUT2D eigenvalue weighted by Crippen LogP contribution is 2.37. The summed E-state index contributed by atoms with van der Waals surface area (Å²) in [6.07, 6.45) is -4.52. The van der Waals surface area contributed by atoms with Gasteiger partial charge >= 0.3 is 6.18 Å². The van der Waals surface area contributed by atoms with Crippen LogP contribution in [0.5, 0.6) is 0 Å². The Morgan fingerprint density at radius 3 is 1.90 bits per heavy atom. The fraction of sp³-hybridized carbons (Fsp3) is 0.0833. The molecule has 2 rings (SSSR count). The van der Waals surface area contributed by atoms with Gasteiger partial charge in [0, 0.05) is 0 Å². The van der Waals surface area contributed by atoms with Gasteiger partial charge in [-0.2, -0.15) is 13.2 Å². The van der Waals surface area contributed by atoms with Gasteiger partial charge in [-0.25, -0.2) is 4.98 Å². The van der Waals surface area contributed by atoms with E-state index in [1.165, 1.54) is 18.2 Å². The molecular formula is C12H4Cl3F3IN. The highest BCUT2D eigenvalue weighted by Gasteiger charge is 2.33. The van der Waals surface area contributed by atoms with Gasteiger partial charge in [0.2, 0.25) is 0 Å². The number of hydrogen-bond acceptors (Lipinski definition) is 1. The molecule has 0 aliphatic heterocycles. The predicted molar refractivity (Wildman–Crippen MR) is 82.4 cm³/mol. The molecule has 8 heteroatoms. The molecule has 0 amide bonds. The van der Waals surface area contributed by atoms with Crippen LogP contribution in [0.2, 0.25) is 15.1 Å². The second kappa shape index (κ2) is 5.87. The van der Waals surface area contributed by atoms with Crippen LogP contribution in [-0.4, -0.2) is 4.98 Å². The first-order chi connectivity index (χ1) is 9.18. The number of pyridine rings is 1. The molecule has 0 spiro atoms. The van der Waals surface area contributed by atoms with Crippen molar-refractivity contribution < 1.29 is 13.2 Å². The molecule has 0 aliphatic carbocycles. The summed E-state index contributed by atoms with van der Waals surface area (Å²) in [4.78, 5) is 3.46. The van der Waals surface area contributed by atoms with Crippen molar-refractivity contribution in [2.24, 2.45) is 0 Å². The van der Waals surface area contributed by atoms with E-state index >= 15 is 0 Å². The summed E-state index contributed by atoms with van der Waals surface area (Å²) in [5, 5.41) is 0.515. The van der Waals surface area contributed by atoms with Crippen molar-refractivity contribution >= 4 is 57.4 Å². The Bertz CT molecular complexity index is 650. The number of halogens is 7. The number of nitrogens with zero attached hydrogens (tertiary/aromatic N) is 1. The van der Waals surface area contributed by atoms with Crippen molar-refractivity contribution in [1.29, 1.82) is 0 Å². The monoisotopic (exact) mass is 451 g/mol. The fourth-order valence-corrected chi connectivity index (χ4v) is 2.72. The van der Waals surface area contributed by atoms with Crippen molar-refractivity contribution in [2.45, 2.75) is 6.18 Å². The number of benzene rings is 1. The summed E-state index contributed by atoms with van der Waals surface area (Å²) < 4.78 is 38.5. The molecule has 0 atom stereocenters. The van der Waals surface area contributed by atoms with Crippen LogP contribution in [0.15, 0.2) is 24.3 Å². The Kier molecular flexibility index (Phi) is 4.73. The molecule has 0 saturated heterocycles. The van der Waals surface area contributed by atoms with E-state index in [9.17, 15) is 13.2 Å². The summed E-state index contributed by atoms with van der Waals surface area (Å²) in [6.45, 7) is 0. The second-order valence-electron chi connectivity index (χ2n) is 3.82. The maximum absolute atomic E-state index is 12.7. The third kappa shape index (κ3) is 3.50. The van der Waals surface area contributed by atoms with E-state index in [0.717, 1.165) is 6.07 Å². The third-order valence-corrected chi connectivity index (χ3v) is 4.15. The van der Waals surface area contributed by atoms with Crippen molar-refractivity contribution in [3.05, 3.63) is 48.7 Å². The minimum absolute atomic E-state index is 0.164. The lowest BCUT2D eigenvalue weighted by Crippen LogP contribution is -2.09. The van der Waals surface area contributed by atoms with Crippen molar-refractivity contribution in [2.75, 3.05) is 0 Å². The van der Waals surface area contributed by atoms with E-state index in [1.807, 2.05) is 0 Å². The largest absolute Gasteiger partial charge is 0.433 e. The predicted octanol–water partition coefficient (Wildman–Crippen LogP) is 6.33. The molecule has 0 radical (unpaired) electrons. The average molecular weight is 452 g/mol. The molecule has 106 valence electrons. The van der Waals surface area contributed by atoms with Crippen LogP contribution in [0.25, 0.3) is 11.1 Å². The highest BCUT2D eigenvalue weighted by molar-refractivity contribution is 14.1. The van der Waals surface area contributed by atoms with Gasteiger partial charge in [0.15, 0.2) is 0 Å². The maximum Gasteiger partial charge on any atom is 0.433 e. The summed E-state index contributed by atoms with van der Waals surface area (Å²) >= 11 is 19.3. The lowest BCUT2D eigenvalue weighted by Gasteiger charge is -2.10. The number of alkyl halides is 3. The first-order valence-electron chi connectivity index (χ1n) is 5.08. The summed E-state index contributed by atoms with van der Waals surface area (Å²) in [5.74, 6) is 0. The van der Waals surface area contributed by atoms with Crippen molar-refractivity contribution in [3.8, 4) is 11.1 Å². The molecule has 20 heavy (non-hydrogen) atoms. The fourth-order valence-electron chi connectivity index (χ4n) is 1.53. The lowest BCUT2D eigenvalue weighted by molar-refractivity contribution is -0.141. The van der Waals surface area contributed by atoms with E-state index in [2.05, 4.69) is 4.98 Å². The molecular weight excluding hydrogens is 448 g/mol. The Labute approximate surface area is 141 Å². The Hall–Kier alpha value is -0.240. The first-order valence-corrected chi connectivity index (χ1v) is 7.29.